The number of primary amides is 1. The molecule has 2 aromatic carbocycles. The summed E-state index contributed by atoms with van der Waals surface area (Å²) in [6.45, 7) is 3.15. The molecule has 2 saturated carbocycles. The fraction of sp³-hybridized carbons (Fsp3) is 0.588. The summed E-state index contributed by atoms with van der Waals surface area (Å²) in [5, 5.41) is 0. The maximum Gasteiger partial charge on any atom is 0.254 e. The molecule has 0 radical (unpaired) electrons. The number of carbonyl (C=O) groups excluding carboxylic acids is 2. The second-order valence-corrected chi connectivity index (χ2v) is 11.5. The monoisotopic (exact) mass is 564 g/mol. The van der Waals surface area contributed by atoms with Crippen LogP contribution in [0.15, 0.2) is 36.4 Å². The largest absolute Gasteiger partial charge is 0.494 e. The molecular formula is C34H48N2O5. The van der Waals surface area contributed by atoms with Gasteiger partial charge in [-0.1, -0.05) is 45.4 Å². The first-order chi connectivity index (χ1) is 20.0. The number of ether oxygens (including phenoxy) is 3. The van der Waals surface area contributed by atoms with Crippen molar-refractivity contribution in [3.8, 4) is 17.2 Å². The van der Waals surface area contributed by atoms with Crippen molar-refractivity contribution in [2.24, 2.45) is 5.73 Å². The Morgan fingerprint density at radius 3 is 2.02 bits per heavy atom. The summed E-state index contributed by atoms with van der Waals surface area (Å²) >= 11 is 0. The van der Waals surface area contributed by atoms with Crippen molar-refractivity contribution < 1.29 is 23.8 Å². The van der Waals surface area contributed by atoms with E-state index in [-0.39, 0.29) is 5.91 Å². The predicted molar refractivity (Wildman–Crippen MR) is 162 cm³/mol. The lowest BCUT2D eigenvalue weighted by Gasteiger charge is -2.42. The number of rotatable bonds is 14. The number of nitrogens with two attached hydrogens (primary N) is 1. The van der Waals surface area contributed by atoms with E-state index in [0.717, 1.165) is 62.7 Å². The number of aryl methyl sites for hydroxylation is 1. The third kappa shape index (κ3) is 8.40. The summed E-state index contributed by atoms with van der Waals surface area (Å²) in [6, 6.07) is 11.8. The van der Waals surface area contributed by atoms with Crippen LogP contribution in [0.4, 0.5) is 0 Å². The quantitative estimate of drug-likeness (QED) is 0.247. The highest BCUT2D eigenvalue weighted by Crippen LogP contribution is 2.34. The fourth-order valence-electron chi connectivity index (χ4n) is 6.36. The molecule has 0 atom stereocenters. The van der Waals surface area contributed by atoms with Crippen LogP contribution >= 0.6 is 0 Å². The lowest BCUT2D eigenvalue weighted by atomic mass is 9.88. The number of amides is 2. The van der Waals surface area contributed by atoms with E-state index < -0.39 is 5.91 Å². The maximum absolute atomic E-state index is 13.9. The molecule has 2 aliphatic carbocycles. The summed E-state index contributed by atoms with van der Waals surface area (Å²) < 4.78 is 17.6. The summed E-state index contributed by atoms with van der Waals surface area (Å²) in [4.78, 5) is 27.6. The van der Waals surface area contributed by atoms with Crippen LogP contribution < -0.4 is 19.9 Å². The Morgan fingerprint density at radius 2 is 1.44 bits per heavy atom. The minimum atomic E-state index is -0.410. The van der Waals surface area contributed by atoms with E-state index in [1.54, 1.807) is 19.2 Å². The molecule has 0 aromatic heterocycles. The van der Waals surface area contributed by atoms with Crippen LogP contribution in [0.25, 0.3) is 0 Å². The number of benzene rings is 2. The minimum absolute atomic E-state index is 0.143. The van der Waals surface area contributed by atoms with Gasteiger partial charge < -0.3 is 24.8 Å². The molecule has 2 fully saturated rings. The normalized spacial score (nSPS) is 16.2. The molecule has 2 aliphatic rings. The lowest BCUT2D eigenvalue weighted by Crippen LogP contribution is -2.48. The first-order valence-corrected chi connectivity index (χ1v) is 15.7. The van der Waals surface area contributed by atoms with E-state index in [1.165, 1.54) is 38.5 Å². The van der Waals surface area contributed by atoms with Crippen molar-refractivity contribution in [2.75, 3.05) is 20.3 Å². The van der Waals surface area contributed by atoms with E-state index in [0.29, 0.717) is 47.9 Å². The standard InChI is InChI=1S/C34H48N2O5/c1-3-25-23-29(18-19-30(25)33(35)37)40-21-11-6-12-22-41-31-20-17-26(24-32(31)39-2)34(38)36(27-13-7-4-8-14-27)28-15-9-5-10-16-28/h17-20,23-24,27-28H,3-16,21-22H2,1-2H3,(H2,35,37). The highest BCUT2D eigenvalue weighted by molar-refractivity contribution is 5.95. The predicted octanol–water partition coefficient (Wildman–Crippen LogP) is 7.09. The average Bonchev–Trinajstić information content (AvgIpc) is 3.01. The van der Waals surface area contributed by atoms with Gasteiger partial charge in [-0.05, 0) is 93.3 Å². The molecule has 0 aliphatic heterocycles. The van der Waals surface area contributed by atoms with Gasteiger partial charge >= 0.3 is 0 Å². The van der Waals surface area contributed by atoms with Gasteiger partial charge in [0.25, 0.3) is 5.91 Å². The molecule has 2 aromatic rings. The molecule has 0 bridgehead atoms. The van der Waals surface area contributed by atoms with Crippen LogP contribution in [0.2, 0.25) is 0 Å². The Balaban J connectivity index is 1.26. The van der Waals surface area contributed by atoms with Gasteiger partial charge in [0, 0.05) is 23.2 Å². The number of hydrogen-bond acceptors (Lipinski definition) is 5. The Hall–Kier alpha value is -3.22. The van der Waals surface area contributed by atoms with E-state index in [9.17, 15) is 9.59 Å². The van der Waals surface area contributed by atoms with E-state index in [4.69, 9.17) is 19.9 Å². The van der Waals surface area contributed by atoms with Crippen molar-refractivity contribution in [1.29, 1.82) is 0 Å². The Labute approximate surface area is 245 Å². The van der Waals surface area contributed by atoms with Gasteiger partial charge in [-0.3, -0.25) is 9.59 Å². The fourth-order valence-corrected chi connectivity index (χ4v) is 6.36. The molecule has 7 nitrogen and oxygen atoms in total. The first kappa shape index (κ1) is 30.7. The number of methoxy groups -OCH3 is 1. The third-order valence-electron chi connectivity index (χ3n) is 8.62. The lowest BCUT2D eigenvalue weighted by molar-refractivity contribution is 0.0448. The minimum Gasteiger partial charge on any atom is -0.494 e. The van der Waals surface area contributed by atoms with Crippen LogP contribution in [-0.4, -0.2) is 49.1 Å². The number of nitrogens with zero attached hydrogens (tertiary/aromatic N) is 1. The van der Waals surface area contributed by atoms with Crippen molar-refractivity contribution in [2.45, 2.75) is 109 Å². The van der Waals surface area contributed by atoms with Gasteiger partial charge in [0.2, 0.25) is 5.91 Å². The van der Waals surface area contributed by atoms with Crippen LogP contribution in [0, 0.1) is 0 Å². The zero-order valence-electron chi connectivity index (χ0n) is 25.0. The highest BCUT2D eigenvalue weighted by Gasteiger charge is 2.33. The van der Waals surface area contributed by atoms with Crippen molar-refractivity contribution in [3.05, 3.63) is 53.1 Å². The molecule has 7 heteroatoms. The van der Waals surface area contributed by atoms with Crippen molar-refractivity contribution >= 4 is 11.8 Å². The van der Waals surface area contributed by atoms with Gasteiger partial charge in [0.05, 0.1) is 20.3 Å². The number of carbonyl (C=O) groups is 2. The second kappa shape index (κ2) is 15.7. The van der Waals surface area contributed by atoms with Gasteiger partial charge in [-0.25, -0.2) is 0 Å². The zero-order valence-corrected chi connectivity index (χ0v) is 25.0. The first-order valence-electron chi connectivity index (χ1n) is 15.7. The maximum atomic E-state index is 13.9. The van der Waals surface area contributed by atoms with Crippen LogP contribution in [-0.2, 0) is 6.42 Å². The molecule has 0 heterocycles. The summed E-state index contributed by atoms with van der Waals surface area (Å²) in [7, 11) is 1.63. The van der Waals surface area contributed by atoms with Crippen LogP contribution in [0.3, 0.4) is 0 Å². The Kier molecular flexibility index (Phi) is 11.8. The average molecular weight is 565 g/mol. The zero-order chi connectivity index (χ0) is 29.0. The second-order valence-electron chi connectivity index (χ2n) is 11.5. The smallest absolute Gasteiger partial charge is 0.254 e. The number of unbranched alkanes of at least 4 members (excludes halogenated alkanes) is 2. The van der Waals surface area contributed by atoms with Gasteiger partial charge in [0.1, 0.15) is 5.75 Å². The molecule has 0 unspecified atom stereocenters. The van der Waals surface area contributed by atoms with Gasteiger partial charge in [0.15, 0.2) is 11.5 Å². The van der Waals surface area contributed by atoms with E-state index in [1.807, 2.05) is 31.2 Å². The SMILES string of the molecule is CCc1cc(OCCCCCOc2ccc(C(=O)N(C3CCCCC3)C3CCCCC3)cc2OC)ccc1C(N)=O. The van der Waals surface area contributed by atoms with E-state index >= 15 is 0 Å². The van der Waals surface area contributed by atoms with E-state index in [2.05, 4.69) is 4.90 Å². The molecular weight excluding hydrogens is 516 g/mol. The Bertz CT molecular complexity index is 1120. The summed E-state index contributed by atoms with van der Waals surface area (Å²) in [5.41, 5.74) is 7.59. The molecule has 0 saturated heterocycles. The summed E-state index contributed by atoms with van der Waals surface area (Å²) in [6.07, 6.45) is 15.3. The topological polar surface area (TPSA) is 91.1 Å². The summed E-state index contributed by atoms with van der Waals surface area (Å²) in [5.74, 6) is 1.77. The van der Waals surface area contributed by atoms with Crippen LogP contribution in [0.5, 0.6) is 17.2 Å². The molecule has 4 rings (SSSR count). The highest BCUT2D eigenvalue weighted by atomic mass is 16.5. The van der Waals surface area contributed by atoms with Gasteiger partial charge in [-0.15, -0.1) is 0 Å². The molecule has 41 heavy (non-hydrogen) atoms. The molecule has 224 valence electrons. The van der Waals surface area contributed by atoms with Gasteiger partial charge in [-0.2, -0.15) is 0 Å². The van der Waals surface area contributed by atoms with Crippen LogP contribution in [0.1, 0.15) is 117 Å². The molecule has 2 N–H and O–H groups in total. The number of hydrogen-bond donors (Lipinski definition) is 1. The Morgan fingerprint density at radius 1 is 0.805 bits per heavy atom. The van der Waals surface area contributed by atoms with Crippen molar-refractivity contribution in [1.82, 2.24) is 4.90 Å². The van der Waals surface area contributed by atoms with Crippen molar-refractivity contribution in [3.63, 3.8) is 0 Å². The molecule has 2 amide bonds. The third-order valence-corrected chi connectivity index (χ3v) is 8.62. The molecule has 0 spiro atoms.